The summed E-state index contributed by atoms with van der Waals surface area (Å²) in [4.78, 5) is 16.7. The predicted octanol–water partition coefficient (Wildman–Crippen LogP) is 3.20. The molecule has 0 bridgehead atoms. The summed E-state index contributed by atoms with van der Waals surface area (Å²) < 4.78 is 1.49. The van der Waals surface area contributed by atoms with E-state index in [2.05, 4.69) is 10.3 Å². The van der Waals surface area contributed by atoms with Crippen molar-refractivity contribution in [2.45, 2.75) is 49.7 Å². The standard InChI is InChI=1S/C18H24N4OS/c19-22-12-16(14-8-4-3-5-9-14)21-18(22)24-13-17(23)20-15-10-6-1-2-7-11-15/h3-5,8-9,12,15H,1-2,6-7,10-11,13,19H2,(H,20,23). The van der Waals surface area contributed by atoms with Crippen molar-refractivity contribution in [2.75, 3.05) is 11.6 Å². The quantitative estimate of drug-likeness (QED) is 0.496. The number of thioether (sulfide) groups is 1. The lowest BCUT2D eigenvalue weighted by Crippen LogP contribution is -2.35. The van der Waals surface area contributed by atoms with Crippen molar-refractivity contribution in [2.24, 2.45) is 0 Å². The molecule has 128 valence electrons. The summed E-state index contributed by atoms with van der Waals surface area (Å²) in [7, 11) is 0. The van der Waals surface area contributed by atoms with Gasteiger partial charge in [-0.05, 0) is 12.8 Å². The first-order valence-electron chi connectivity index (χ1n) is 8.54. The second-order valence-corrected chi connectivity index (χ2v) is 7.17. The van der Waals surface area contributed by atoms with Crippen LogP contribution >= 0.6 is 11.8 Å². The number of carbonyl (C=O) groups excluding carboxylic acids is 1. The van der Waals surface area contributed by atoms with E-state index < -0.39 is 0 Å². The van der Waals surface area contributed by atoms with Gasteiger partial charge in [-0.15, -0.1) is 0 Å². The smallest absolute Gasteiger partial charge is 0.230 e. The van der Waals surface area contributed by atoms with Crippen LogP contribution < -0.4 is 11.2 Å². The Bertz CT molecular complexity index is 663. The van der Waals surface area contributed by atoms with Crippen LogP contribution in [0.2, 0.25) is 0 Å². The van der Waals surface area contributed by atoms with E-state index in [0.29, 0.717) is 17.0 Å². The fourth-order valence-electron chi connectivity index (χ4n) is 3.05. The molecule has 0 unspecified atom stereocenters. The van der Waals surface area contributed by atoms with E-state index in [9.17, 15) is 4.79 Å². The van der Waals surface area contributed by atoms with E-state index >= 15 is 0 Å². The van der Waals surface area contributed by atoms with Crippen molar-refractivity contribution < 1.29 is 4.79 Å². The van der Waals surface area contributed by atoms with Crippen LogP contribution in [-0.2, 0) is 4.79 Å². The highest BCUT2D eigenvalue weighted by Gasteiger charge is 2.16. The summed E-state index contributed by atoms with van der Waals surface area (Å²) in [5, 5.41) is 3.81. The van der Waals surface area contributed by atoms with Crippen molar-refractivity contribution in [3.63, 3.8) is 0 Å². The maximum Gasteiger partial charge on any atom is 0.230 e. The van der Waals surface area contributed by atoms with E-state index in [0.717, 1.165) is 24.1 Å². The Balaban J connectivity index is 1.54. The zero-order valence-corrected chi connectivity index (χ0v) is 14.6. The van der Waals surface area contributed by atoms with Crippen LogP contribution in [0, 0.1) is 0 Å². The highest BCUT2D eigenvalue weighted by Crippen LogP contribution is 2.23. The third-order valence-corrected chi connectivity index (χ3v) is 5.29. The first-order valence-corrected chi connectivity index (χ1v) is 9.53. The largest absolute Gasteiger partial charge is 0.353 e. The molecule has 1 aliphatic rings. The molecule has 2 aromatic rings. The van der Waals surface area contributed by atoms with Crippen LogP contribution in [-0.4, -0.2) is 27.4 Å². The minimum absolute atomic E-state index is 0.0659. The van der Waals surface area contributed by atoms with Gasteiger partial charge in [-0.1, -0.05) is 67.8 Å². The predicted molar refractivity (Wildman–Crippen MR) is 98.2 cm³/mol. The normalized spacial score (nSPS) is 15.8. The minimum atomic E-state index is 0.0659. The van der Waals surface area contributed by atoms with Gasteiger partial charge in [-0.25, -0.2) is 9.66 Å². The third kappa shape index (κ3) is 4.54. The fourth-order valence-corrected chi connectivity index (χ4v) is 3.76. The zero-order valence-electron chi connectivity index (χ0n) is 13.8. The third-order valence-electron chi connectivity index (χ3n) is 4.32. The molecule has 0 spiro atoms. The Morgan fingerprint density at radius 1 is 1.21 bits per heavy atom. The second-order valence-electron chi connectivity index (χ2n) is 6.23. The molecule has 1 aromatic heterocycles. The minimum Gasteiger partial charge on any atom is -0.353 e. The van der Waals surface area contributed by atoms with Gasteiger partial charge in [-0.3, -0.25) is 4.79 Å². The second kappa shape index (κ2) is 8.24. The van der Waals surface area contributed by atoms with Gasteiger partial charge in [0.25, 0.3) is 0 Å². The molecule has 5 nitrogen and oxygen atoms in total. The molecule has 0 saturated heterocycles. The molecule has 24 heavy (non-hydrogen) atoms. The Morgan fingerprint density at radius 3 is 2.62 bits per heavy atom. The number of benzene rings is 1. The molecule has 0 atom stereocenters. The topological polar surface area (TPSA) is 72.9 Å². The molecule has 1 saturated carbocycles. The summed E-state index contributed by atoms with van der Waals surface area (Å²) in [5.74, 6) is 6.38. The first kappa shape index (κ1) is 16.9. The summed E-state index contributed by atoms with van der Waals surface area (Å²) in [5.41, 5.74) is 1.84. The van der Waals surface area contributed by atoms with E-state index in [1.165, 1.54) is 42.1 Å². The van der Waals surface area contributed by atoms with Crippen LogP contribution in [0.3, 0.4) is 0 Å². The zero-order chi connectivity index (χ0) is 16.8. The average Bonchev–Trinajstić information content (AvgIpc) is 2.79. The lowest BCUT2D eigenvalue weighted by atomic mass is 10.1. The van der Waals surface area contributed by atoms with Gasteiger partial charge in [0, 0.05) is 11.6 Å². The molecular formula is C18H24N4OS. The van der Waals surface area contributed by atoms with Crippen LogP contribution in [0.4, 0.5) is 0 Å². The molecule has 1 heterocycles. The molecule has 3 N–H and O–H groups in total. The van der Waals surface area contributed by atoms with Crippen molar-refractivity contribution in [1.29, 1.82) is 0 Å². The van der Waals surface area contributed by atoms with E-state index in [1.807, 2.05) is 30.3 Å². The summed E-state index contributed by atoms with van der Waals surface area (Å²) in [6, 6.07) is 10.2. The van der Waals surface area contributed by atoms with Crippen LogP contribution in [0.25, 0.3) is 11.3 Å². The SMILES string of the molecule is Nn1cc(-c2ccccc2)nc1SCC(=O)NC1CCCCCC1. The molecular weight excluding hydrogens is 320 g/mol. The Labute approximate surface area is 147 Å². The number of amides is 1. The molecule has 1 aliphatic carbocycles. The lowest BCUT2D eigenvalue weighted by Gasteiger charge is -2.15. The van der Waals surface area contributed by atoms with Crippen molar-refractivity contribution in [3.8, 4) is 11.3 Å². The maximum absolute atomic E-state index is 12.2. The molecule has 0 radical (unpaired) electrons. The number of nitrogens with two attached hydrogens (primary N) is 1. The van der Waals surface area contributed by atoms with E-state index in [-0.39, 0.29) is 5.91 Å². The molecule has 1 fully saturated rings. The number of nitrogens with zero attached hydrogens (tertiary/aromatic N) is 2. The van der Waals surface area contributed by atoms with Crippen LogP contribution in [0.5, 0.6) is 0 Å². The number of nitrogens with one attached hydrogen (secondary N) is 1. The average molecular weight is 344 g/mol. The fraction of sp³-hybridized carbons (Fsp3) is 0.444. The highest BCUT2D eigenvalue weighted by molar-refractivity contribution is 7.99. The Kier molecular flexibility index (Phi) is 5.80. The number of hydrogen-bond acceptors (Lipinski definition) is 4. The number of carbonyl (C=O) groups is 1. The molecule has 1 amide bonds. The molecule has 6 heteroatoms. The van der Waals surface area contributed by atoms with Crippen molar-refractivity contribution >= 4 is 17.7 Å². The number of nitrogen functional groups attached to an aromatic ring is 1. The van der Waals surface area contributed by atoms with E-state index in [4.69, 9.17) is 5.84 Å². The lowest BCUT2D eigenvalue weighted by molar-refractivity contribution is -0.119. The summed E-state index contributed by atoms with van der Waals surface area (Å²) in [6.45, 7) is 0. The van der Waals surface area contributed by atoms with Crippen molar-refractivity contribution in [3.05, 3.63) is 36.5 Å². The van der Waals surface area contributed by atoms with Crippen LogP contribution in [0.15, 0.2) is 41.7 Å². The molecule has 3 rings (SSSR count). The summed E-state index contributed by atoms with van der Waals surface area (Å²) >= 11 is 1.38. The number of hydrogen-bond donors (Lipinski definition) is 2. The van der Waals surface area contributed by atoms with Gasteiger partial charge in [0.15, 0.2) is 5.16 Å². The van der Waals surface area contributed by atoms with E-state index in [1.54, 1.807) is 6.20 Å². The van der Waals surface area contributed by atoms with Gasteiger partial charge >= 0.3 is 0 Å². The van der Waals surface area contributed by atoms with Gasteiger partial charge in [0.1, 0.15) is 0 Å². The Morgan fingerprint density at radius 2 is 1.92 bits per heavy atom. The first-order chi connectivity index (χ1) is 11.7. The monoisotopic (exact) mass is 344 g/mol. The Hall–Kier alpha value is -1.95. The van der Waals surface area contributed by atoms with Gasteiger partial charge < -0.3 is 11.2 Å². The summed E-state index contributed by atoms with van der Waals surface area (Å²) in [6.07, 6.45) is 8.99. The number of aromatic nitrogens is 2. The van der Waals surface area contributed by atoms with Crippen molar-refractivity contribution in [1.82, 2.24) is 15.0 Å². The molecule has 0 aliphatic heterocycles. The number of imidazole rings is 1. The maximum atomic E-state index is 12.2. The molecule has 1 aromatic carbocycles. The van der Waals surface area contributed by atoms with Gasteiger partial charge in [0.05, 0.1) is 17.6 Å². The van der Waals surface area contributed by atoms with Gasteiger partial charge in [0.2, 0.25) is 5.91 Å². The number of rotatable bonds is 5. The van der Waals surface area contributed by atoms with Crippen LogP contribution in [0.1, 0.15) is 38.5 Å². The van der Waals surface area contributed by atoms with Gasteiger partial charge in [-0.2, -0.15) is 0 Å². The highest BCUT2D eigenvalue weighted by atomic mass is 32.2.